The van der Waals surface area contributed by atoms with Crippen molar-refractivity contribution in [2.75, 3.05) is 20.8 Å². The number of non-ortho nitro benzene ring substituents is 1. The molecule has 0 aromatic heterocycles. The number of carbonyl (C=O) groups excluding carboxylic acids is 2. The first kappa shape index (κ1) is 26.2. The first-order chi connectivity index (χ1) is 17.2. The summed E-state index contributed by atoms with van der Waals surface area (Å²) in [5.74, 6) is -2.34. The molecule has 1 atom stereocenters. The minimum absolute atomic E-state index is 0.00784. The van der Waals surface area contributed by atoms with E-state index in [9.17, 15) is 29.6 Å². The molecule has 36 heavy (non-hydrogen) atoms. The average Bonchev–Trinajstić information content (AvgIpc) is 3.12. The number of nitrogens with zero attached hydrogens (tertiary/aromatic N) is 2. The highest BCUT2D eigenvalue weighted by molar-refractivity contribution is 6.46. The van der Waals surface area contributed by atoms with Gasteiger partial charge in [0, 0.05) is 36.2 Å². The molecule has 1 heterocycles. The van der Waals surface area contributed by atoms with Gasteiger partial charge in [0.25, 0.3) is 17.4 Å². The smallest absolute Gasteiger partial charge is 0.303 e. The predicted octanol–water partition coefficient (Wildman–Crippen LogP) is 3.68. The quantitative estimate of drug-likeness (QED) is 0.118. The number of unbranched alkanes of at least 4 members (excludes halogenated alkanes) is 2. The van der Waals surface area contributed by atoms with E-state index < -0.39 is 34.4 Å². The molecule has 11 nitrogen and oxygen atoms in total. The predicted molar refractivity (Wildman–Crippen MR) is 128 cm³/mol. The molecule has 1 aliphatic rings. The van der Waals surface area contributed by atoms with Crippen LogP contribution >= 0.6 is 0 Å². The highest BCUT2D eigenvalue weighted by Gasteiger charge is 2.47. The molecule has 3 rings (SSSR count). The maximum Gasteiger partial charge on any atom is 0.303 e. The normalized spacial score (nSPS) is 16.7. The molecule has 190 valence electrons. The molecule has 2 aromatic carbocycles. The van der Waals surface area contributed by atoms with E-state index >= 15 is 0 Å². The number of Topliss-reactive ketones (excluding diaryl/α,β-unsaturated/α-hetero) is 1. The number of hydrogen-bond donors (Lipinski definition) is 2. The third-order valence-electron chi connectivity index (χ3n) is 5.91. The third-order valence-corrected chi connectivity index (χ3v) is 5.91. The average molecular weight is 498 g/mol. The third kappa shape index (κ3) is 5.45. The Balaban J connectivity index is 2.09. The number of rotatable bonds is 11. The van der Waals surface area contributed by atoms with Crippen LogP contribution in [-0.4, -0.2) is 58.5 Å². The zero-order valence-electron chi connectivity index (χ0n) is 19.8. The molecule has 1 unspecified atom stereocenters. The largest absolute Gasteiger partial charge is 0.507 e. The van der Waals surface area contributed by atoms with Crippen molar-refractivity contribution in [3.8, 4) is 11.5 Å². The van der Waals surface area contributed by atoms with Crippen LogP contribution in [0.2, 0.25) is 0 Å². The molecule has 2 N–H and O–H groups in total. The number of carbonyl (C=O) groups is 3. The van der Waals surface area contributed by atoms with Gasteiger partial charge in [-0.25, -0.2) is 0 Å². The van der Waals surface area contributed by atoms with E-state index in [1.165, 1.54) is 43.4 Å². The Labute approximate surface area is 206 Å². The Morgan fingerprint density at radius 3 is 2.31 bits per heavy atom. The lowest BCUT2D eigenvalue weighted by Crippen LogP contribution is -2.31. The maximum atomic E-state index is 13.2. The highest BCUT2D eigenvalue weighted by atomic mass is 16.6. The van der Waals surface area contributed by atoms with Gasteiger partial charge in [-0.1, -0.05) is 6.42 Å². The minimum atomic E-state index is -1.02. The van der Waals surface area contributed by atoms with Crippen LogP contribution in [0.1, 0.15) is 42.9 Å². The van der Waals surface area contributed by atoms with Gasteiger partial charge in [0.05, 0.1) is 30.8 Å². The molecular weight excluding hydrogens is 472 g/mol. The Hall–Kier alpha value is -4.41. The molecule has 0 saturated carbocycles. The zero-order valence-corrected chi connectivity index (χ0v) is 19.8. The Morgan fingerprint density at radius 2 is 1.72 bits per heavy atom. The SMILES string of the molecule is COc1ccc(OC)c(C2/C(=C(/O)c3ccc([N+](=O)[O-])cc3)C(=O)C(=O)N2CCCCCC(=O)O)c1. The van der Waals surface area contributed by atoms with Crippen LogP contribution in [0.5, 0.6) is 11.5 Å². The topological polar surface area (TPSA) is 157 Å². The number of nitro benzene ring substituents is 1. The van der Waals surface area contributed by atoms with Crippen LogP contribution in [0.3, 0.4) is 0 Å². The molecule has 2 aromatic rings. The molecule has 11 heteroatoms. The summed E-state index contributed by atoms with van der Waals surface area (Å²) < 4.78 is 10.8. The molecule has 0 spiro atoms. The van der Waals surface area contributed by atoms with Gasteiger partial charge < -0.3 is 24.6 Å². The van der Waals surface area contributed by atoms with Gasteiger partial charge in [0.1, 0.15) is 17.3 Å². The second kappa shape index (κ2) is 11.3. The van der Waals surface area contributed by atoms with Gasteiger partial charge in [-0.15, -0.1) is 0 Å². The van der Waals surface area contributed by atoms with Crippen LogP contribution in [0, 0.1) is 10.1 Å². The number of carboxylic acid groups (broad SMARTS) is 1. The lowest BCUT2D eigenvalue weighted by atomic mass is 9.94. The van der Waals surface area contributed by atoms with E-state index in [-0.39, 0.29) is 29.8 Å². The highest BCUT2D eigenvalue weighted by Crippen LogP contribution is 2.44. The van der Waals surface area contributed by atoms with Crippen LogP contribution in [0.4, 0.5) is 5.69 Å². The van der Waals surface area contributed by atoms with E-state index in [4.69, 9.17) is 14.6 Å². The maximum absolute atomic E-state index is 13.2. The van der Waals surface area contributed by atoms with Crippen LogP contribution in [0.15, 0.2) is 48.0 Å². The standard InChI is InChI=1S/C25H26N2O9/c1-35-17-11-12-19(36-2)18(14-17)22-21(23(30)15-7-9-16(10-8-15)27(33)34)24(31)25(32)26(22)13-5-3-4-6-20(28)29/h7-12,14,22,30H,3-6,13H2,1-2H3,(H,28,29)/b23-21-. The number of aliphatic hydroxyl groups is 1. The van der Waals surface area contributed by atoms with Crippen molar-refractivity contribution in [1.82, 2.24) is 4.90 Å². The Kier molecular flexibility index (Phi) is 8.26. The number of amides is 1. The summed E-state index contributed by atoms with van der Waals surface area (Å²) in [7, 11) is 2.89. The first-order valence-electron chi connectivity index (χ1n) is 11.2. The molecule has 0 aliphatic carbocycles. The number of ketones is 1. The number of aliphatic hydroxyl groups excluding tert-OH is 1. The number of likely N-dealkylation sites (tertiary alicyclic amines) is 1. The number of methoxy groups -OCH3 is 2. The molecule has 1 saturated heterocycles. The van der Waals surface area contributed by atoms with Gasteiger partial charge in [-0.2, -0.15) is 0 Å². The van der Waals surface area contributed by atoms with E-state index in [0.29, 0.717) is 36.3 Å². The van der Waals surface area contributed by atoms with E-state index in [1.54, 1.807) is 18.2 Å². The van der Waals surface area contributed by atoms with Crippen molar-refractivity contribution in [3.05, 3.63) is 69.3 Å². The van der Waals surface area contributed by atoms with Gasteiger partial charge in [0.15, 0.2) is 0 Å². The number of benzene rings is 2. The van der Waals surface area contributed by atoms with Crippen molar-refractivity contribution in [3.63, 3.8) is 0 Å². The summed E-state index contributed by atoms with van der Waals surface area (Å²) >= 11 is 0. The lowest BCUT2D eigenvalue weighted by molar-refractivity contribution is -0.384. The van der Waals surface area contributed by atoms with Crippen molar-refractivity contribution in [2.45, 2.75) is 31.7 Å². The van der Waals surface area contributed by atoms with E-state index in [2.05, 4.69) is 0 Å². The van der Waals surface area contributed by atoms with E-state index in [0.717, 1.165) is 0 Å². The second-order valence-electron chi connectivity index (χ2n) is 8.11. The fourth-order valence-corrected chi connectivity index (χ4v) is 4.12. The van der Waals surface area contributed by atoms with Gasteiger partial charge >= 0.3 is 5.97 Å². The summed E-state index contributed by atoms with van der Waals surface area (Å²) in [5, 5.41) is 31.0. The van der Waals surface area contributed by atoms with E-state index in [1.807, 2.05) is 0 Å². The summed E-state index contributed by atoms with van der Waals surface area (Å²) in [6.07, 6.45) is 1.35. The first-order valence-corrected chi connectivity index (χ1v) is 11.2. The summed E-state index contributed by atoms with van der Waals surface area (Å²) in [6.45, 7) is 0.131. The number of carboxylic acids is 1. The Bertz CT molecular complexity index is 1200. The summed E-state index contributed by atoms with van der Waals surface area (Å²) in [5.41, 5.74) is 0.155. The zero-order chi connectivity index (χ0) is 26.4. The number of hydrogen-bond acceptors (Lipinski definition) is 8. The molecule has 1 aliphatic heterocycles. The molecular formula is C25H26N2O9. The van der Waals surface area contributed by atoms with Crippen molar-refractivity contribution >= 4 is 29.1 Å². The van der Waals surface area contributed by atoms with Crippen LogP contribution < -0.4 is 9.47 Å². The fraction of sp³-hybridized carbons (Fsp3) is 0.320. The molecule has 0 bridgehead atoms. The number of nitro groups is 1. The second-order valence-corrected chi connectivity index (χ2v) is 8.11. The minimum Gasteiger partial charge on any atom is -0.507 e. The van der Waals surface area contributed by atoms with Gasteiger partial charge in [-0.05, 0) is 43.2 Å². The van der Waals surface area contributed by atoms with Crippen molar-refractivity contribution in [1.29, 1.82) is 0 Å². The van der Waals surface area contributed by atoms with Gasteiger partial charge in [-0.3, -0.25) is 24.5 Å². The molecule has 1 fully saturated rings. The van der Waals surface area contributed by atoms with Crippen LogP contribution in [-0.2, 0) is 14.4 Å². The van der Waals surface area contributed by atoms with Crippen molar-refractivity contribution in [2.24, 2.45) is 0 Å². The summed E-state index contributed by atoms with van der Waals surface area (Å²) in [4.78, 5) is 48.7. The van der Waals surface area contributed by atoms with Crippen molar-refractivity contribution < 1.29 is 39.0 Å². The fourth-order valence-electron chi connectivity index (χ4n) is 4.12. The number of ether oxygens (including phenoxy) is 2. The molecule has 1 amide bonds. The Morgan fingerprint density at radius 1 is 1.03 bits per heavy atom. The summed E-state index contributed by atoms with van der Waals surface area (Å²) in [6, 6.07) is 8.83. The lowest BCUT2D eigenvalue weighted by Gasteiger charge is -2.27. The monoisotopic (exact) mass is 498 g/mol. The van der Waals surface area contributed by atoms with Gasteiger partial charge in [0.2, 0.25) is 0 Å². The van der Waals surface area contributed by atoms with Crippen LogP contribution in [0.25, 0.3) is 5.76 Å². The molecule has 0 radical (unpaired) electrons. The number of aliphatic carboxylic acids is 1.